The van der Waals surface area contributed by atoms with Crippen LogP contribution in [0.5, 0.6) is 5.88 Å². The van der Waals surface area contributed by atoms with Crippen LogP contribution in [0.4, 0.5) is 11.5 Å². The van der Waals surface area contributed by atoms with Crippen LogP contribution < -0.4 is 19.9 Å². The van der Waals surface area contributed by atoms with Crippen LogP contribution in [0.15, 0.2) is 36.4 Å². The number of ether oxygens (including phenoxy) is 2. The zero-order valence-electron chi connectivity index (χ0n) is 17.6. The molecule has 0 radical (unpaired) electrons. The number of nitrogens with one attached hydrogen (secondary N) is 1. The molecular formula is C22H27N5O4. The molecule has 9 nitrogen and oxygen atoms in total. The molecule has 1 N–H and O–H groups in total. The van der Waals surface area contributed by atoms with Gasteiger partial charge in [0.1, 0.15) is 18.2 Å². The Morgan fingerprint density at radius 1 is 1.23 bits per heavy atom. The van der Waals surface area contributed by atoms with E-state index in [0.29, 0.717) is 38.0 Å². The number of anilines is 2. The zero-order valence-corrected chi connectivity index (χ0v) is 17.6. The van der Waals surface area contributed by atoms with E-state index in [2.05, 4.69) is 20.2 Å². The molecule has 0 spiro atoms. The topological polar surface area (TPSA) is 96.9 Å². The Hall–Kier alpha value is -3.20. The van der Waals surface area contributed by atoms with E-state index < -0.39 is 0 Å². The third-order valence-electron chi connectivity index (χ3n) is 5.35. The van der Waals surface area contributed by atoms with Gasteiger partial charge in [-0.05, 0) is 19.1 Å². The molecule has 0 bridgehead atoms. The molecular weight excluding hydrogens is 398 g/mol. The highest BCUT2D eigenvalue weighted by atomic mass is 16.5. The SMILES string of the molecule is Cc1nc(OCCNC(=O)C2CC(=O)N(c3ccccc3)C2)cc(N2CCOCC2)n1. The maximum absolute atomic E-state index is 12.5. The highest BCUT2D eigenvalue weighted by Crippen LogP contribution is 2.25. The second kappa shape index (κ2) is 9.74. The molecule has 2 saturated heterocycles. The lowest BCUT2D eigenvalue weighted by molar-refractivity contribution is -0.126. The van der Waals surface area contributed by atoms with Gasteiger partial charge < -0.3 is 24.6 Å². The third-order valence-corrected chi connectivity index (χ3v) is 5.35. The van der Waals surface area contributed by atoms with E-state index in [4.69, 9.17) is 9.47 Å². The Labute approximate surface area is 181 Å². The number of hydrogen-bond acceptors (Lipinski definition) is 7. The third kappa shape index (κ3) is 5.29. The first-order chi connectivity index (χ1) is 15.1. The summed E-state index contributed by atoms with van der Waals surface area (Å²) in [5.41, 5.74) is 0.821. The molecule has 9 heteroatoms. The number of aromatic nitrogens is 2. The zero-order chi connectivity index (χ0) is 21.6. The first-order valence-electron chi connectivity index (χ1n) is 10.5. The molecule has 2 aromatic rings. The van der Waals surface area contributed by atoms with Gasteiger partial charge in [0.05, 0.1) is 25.7 Å². The molecule has 2 aliphatic heterocycles. The summed E-state index contributed by atoms with van der Waals surface area (Å²) in [5.74, 6) is 1.41. The number of morpholine rings is 1. The van der Waals surface area contributed by atoms with Crippen molar-refractivity contribution in [3.8, 4) is 5.88 Å². The van der Waals surface area contributed by atoms with Crippen LogP contribution >= 0.6 is 0 Å². The standard InChI is InChI=1S/C22H27N5O4/c1-16-24-19(26-8-11-30-12-9-26)14-20(25-16)31-10-7-23-22(29)17-13-21(28)27(15-17)18-5-3-2-4-6-18/h2-6,14,17H,7-13,15H2,1H3,(H,23,29). The molecule has 1 unspecified atom stereocenters. The molecule has 1 aromatic heterocycles. The second-order valence-electron chi connectivity index (χ2n) is 7.59. The molecule has 164 valence electrons. The Kier molecular flexibility index (Phi) is 6.61. The van der Waals surface area contributed by atoms with Gasteiger partial charge in [0.2, 0.25) is 17.7 Å². The number of carbonyl (C=O) groups excluding carboxylic acids is 2. The van der Waals surface area contributed by atoms with Gasteiger partial charge in [-0.2, -0.15) is 4.98 Å². The van der Waals surface area contributed by atoms with Crippen molar-refractivity contribution in [2.24, 2.45) is 5.92 Å². The van der Waals surface area contributed by atoms with Gasteiger partial charge in [-0.15, -0.1) is 0 Å². The summed E-state index contributed by atoms with van der Waals surface area (Å²) in [4.78, 5) is 37.4. The van der Waals surface area contributed by atoms with E-state index in [0.717, 1.165) is 24.6 Å². The van der Waals surface area contributed by atoms with Gasteiger partial charge in [0.25, 0.3) is 0 Å². The minimum absolute atomic E-state index is 0.0327. The quantitative estimate of drug-likeness (QED) is 0.665. The van der Waals surface area contributed by atoms with Crippen molar-refractivity contribution in [1.29, 1.82) is 0 Å². The monoisotopic (exact) mass is 425 g/mol. The molecule has 2 aliphatic rings. The van der Waals surface area contributed by atoms with Gasteiger partial charge in [0, 0.05) is 37.8 Å². The predicted molar refractivity (Wildman–Crippen MR) is 115 cm³/mol. The number of carbonyl (C=O) groups is 2. The molecule has 0 aliphatic carbocycles. The molecule has 2 amide bonds. The minimum Gasteiger partial charge on any atom is -0.476 e. The summed E-state index contributed by atoms with van der Waals surface area (Å²) >= 11 is 0. The van der Waals surface area contributed by atoms with E-state index in [1.165, 1.54) is 0 Å². The van der Waals surface area contributed by atoms with E-state index in [9.17, 15) is 9.59 Å². The highest BCUT2D eigenvalue weighted by molar-refractivity contribution is 6.00. The maximum Gasteiger partial charge on any atom is 0.227 e. The largest absolute Gasteiger partial charge is 0.476 e. The number of benzene rings is 1. The summed E-state index contributed by atoms with van der Waals surface area (Å²) in [7, 11) is 0. The average Bonchev–Trinajstić information content (AvgIpc) is 3.19. The predicted octanol–water partition coefficient (Wildman–Crippen LogP) is 1.17. The van der Waals surface area contributed by atoms with Crippen molar-refractivity contribution < 1.29 is 19.1 Å². The van der Waals surface area contributed by atoms with Crippen LogP contribution in [0.3, 0.4) is 0 Å². The van der Waals surface area contributed by atoms with Crippen molar-refractivity contribution in [3.63, 3.8) is 0 Å². The molecule has 4 rings (SSSR count). The number of nitrogens with zero attached hydrogens (tertiary/aromatic N) is 4. The van der Waals surface area contributed by atoms with Crippen LogP contribution in [0.1, 0.15) is 12.2 Å². The Bertz CT molecular complexity index is 917. The van der Waals surface area contributed by atoms with E-state index in [1.807, 2.05) is 43.3 Å². The summed E-state index contributed by atoms with van der Waals surface area (Å²) in [6.45, 7) is 5.77. The average molecular weight is 425 g/mol. The number of aryl methyl sites for hydroxylation is 1. The van der Waals surface area contributed by atoms with E-state index >= 15 is 0 Å². The van der Waals surface area contributed by atoms with E-state index in [-0.39, 0.29) is 30.8 Å². The minimum atomic E-state index is -0.359. The molecule has 1 atom stereocenters. The first kappa shape index (κ1) is 21.0. The van der Waals surface area contributed by atoms with Crippen molar-refractivity contribution in [1.82, 2.24) is 15.3 Å². The van der Waals surface area contributed by atoms with Gasteiger partial charge in [0.15, 0.2) is 0 Å². The summed E-state index contributed by atoms with van der Waals surface area (Å²) in [5, 5.41) is 2.87. The van der Waals surface area contributed by atoms with E-state index in [1.54, 1.807) is 4.90 Å². The van der Waals surface area contributed by atoms with Crippen molar-refractivity contribution in [2.75, 3.05) is 55.8 Å². The molecule has 0 saturated carbocycles. The van der Waals surface area contributed by atoms with Gasteiger partial charge in [-0.3, -0.25) is 9.59 Å². The number of hydrogen-bond donors (Lipinski definition) is 1. The molecule has 2 fully saturated rings. The Morgan fingerprint density at radius 3 is 2.77 bits per heavy atom. The normalized spacial score (nSPS) is 18.9. The van der Waals surface area contributed by atoms with Crippen LogP contribution in [0.2, 0.25) is 0 Å². The Balaban J connectivity index is 1.25. The fourth-order valence-corrected chi connectivity index (χ4v) is 3.77. The van der Waals surface area contributed by atoms with Crippen LogP contribution in [-0.2, 0) is 14.3 Å². The van der Waals surface area contributed by atoms with Gasteiger partial charge in [-0.1, -0.05) is 18.2 Å². The smallest absolute Gasteiger partial charge is 0.227 e. The molecule has 31 heavy (non-hydrogen) atoms. The number of amides is 2. The lowest BCUT2D eigenvalue weighted by Crippen LogP contribution is -2.37. The maximum atomic E-state index is 12.5. The molecule has 1 aromatic carbocycles. The fraction of sp³-hybridized carbons (Fsp3) is 0.455. The summed E-state index contributed by atoms with van der Waals surface area (Å²) < 4.78 is 11.1. The van der Waals surface area contributed by atoms with Crippen molar-refractivity contribution in [2.45, 2.75) is 13.3 Å². The van der Waals surface area contributed by atoms with Crippen LogP contribution in [-0.4, -0.2) is 67.8 Å². The van der Waals surface area contributed by atoms with Crippen molar-refractivity contribution in [3.05, 3.63) is 42.2 Å². The van der Waals surface area contributed by atoms with Crippen LogP contribution in [0, 0.1) is 12.8 Å². The second-order valence-corrected chi connectivity index (χ2v) is 7.59. The number of rotatable bonds is 7. The molecule has 3 heterocycles. The first-order valence-corrected chi connectivity index (χ1v) is 10.5. The lowest BCUT2D eigenvalue weighted by Gasteiger charge is -2.28. The number of para-hydroxylation sites is 1. The lowest BCUT2D eigenvalue weighted by atomic mass is 10.1. The van der Waals surface area contributed by atoms with Gasteiger partial charge in [-0.25, -0.2) is 4.98 Å². The van der Waals surface area contributed by atoms with Gasteiger partial charge >= 0.3 is 0 Å². The summed E-state index contributed by atoms with van der Waals surface area (Å²) in [6.07, 6.45) is 0.218. The highest BCUT2D eigenvalue weighted by Gasteiger charge is 2.34. The van der Waals surface area contributed by atoms with Crippen molar-refractivity contribution >= 4 is 23.3 Å². The summed E-state index contributed by atoms with van der Waals surface area (Å²) in [6, 6.07) is 11.2. The fourth-order valence-electron chi connectivity index (χ4n) is 3.77. The Morgan fingerprint density at radius 2 is 2.00 bits per heavy atom. The van der Waals surface area contributed by atoms with Crippen LogP contribution in [0.25, 0.3) is 0 Å².